The van der Waals surface area contributed by atoms with Gasteiger partial charge in [0.1, 0.15) is 6.26 Å². The second kappa shape index (κ2) is 3.43. The summed E-state index contributed by atoms with van der Waals surface area (Å²) in [6.45, 7) is 1.68. The first-order valence-corrected chi connectivity index (χ1v) is 3.61. The predicted molar refractivity (Wildman–Crippen MR) is 43.6 cm³/mol. The first-order chi connectivity index (χ1) is 5.20. The molecule has 11 heavy (non-hydrogen) atoms. The molecule has 1 aromatic rings. The first kappa shape index (κ1) is 8.13. The summed E-state index contributed by atoms with van der Waals surface area (Å²) in [6, 6.07) is 1.56. The van der Waals surface area contributed by atoms with E-state index in [2.05, 4.69) is 27.6 Å². The fraction of sp³-hybridized carbons (Fsp3) is 0.333. The topological polar surface area (TPSA) is 55.1 Å². The van der Waals surface area contributed by atoms with Gasteiger partial charge in [0.05, 0.1) is 5.25 Å². The summed E-state index contributed by atoms with van der Waals surface area (Å²) >= 11 is 3.93. The van der Waals surface area contributed by atoms with E-state index in [1.807, 2.05) is 0 Å². The van der Waals surface area contributed by atoms with Crippen molar-refractivity contribution in [2.75, 3.05) is 5.32 Å². The van der Waals surface area contributed by atoms with Crippen molar-refractivity contribution in [1.29, 1.82) is 0 Å². The molecule has 0 bridgehead atoms. The Morgan fingerprint density at radius 2 is 2.64 bits per heavy atom. The van der Waals surface area contributed by atoms with Gasteiger partial charge < -0.3 is 9.84 Å². The Morgan fingerprint density at radius 1 is 1.91 bits per heavy atom. The third-order valence-corrected chi connectivity index (χ3v) is 1.30. The van der Waals surface area contributed by atoms with Crippen molar-refractivity contribution in [3.8, 4) is 0 Å². The molecule has 0 saturated carbocycles. The average molecular weight is 172 g/mol. The summed E-state index contributed by atoms with van der Waals surface area (Å²) in [5.74, 6) is 0.220. The van der Waals surface area contributed by atoms with E-state index < -0.39 is 0 Å². The van der Waals surface area contributed by atoms with Crippen LogP contribution >= 0.6 is 12.6 Å². The molecule has 0 aliphatic rings. The second-order valence-corrected chi connectivity index (χ2v) is 2.82. The van der Waals surface area contributed by atoms with Crippen LogP contribution in [0.2, 0.25) is 0 Å². The highest BCUT2D eigenvalue weighted by atomic mass is 32.1. The fourth-order valence-corrected chi connectivity index (χ4v) is 0.572. The van der Waals surface area contributed by atoms with E-state index in [0.717, 1.165) is 0 Å². The van der Waals surface area contributed by atoms with Crippen LogP contribution in [0.1, 0.15) is 6.92 Å². The molecular formula is C6H8N2O2S. The third kappa shape index (κ3) is 2.27. The van der Waals surface area contributed by atoms with E-state index in [4.69, 9.17) is 0 Å². The molecule has 0 aliphatic carbocycles. The summed E-state index contributed by atoms with van der Waals surface area (Å²) in [7, 11) is 0. The summed E-state index contributed by atoms with van der Waals surface area (Å²) < 4.78 is 4.51. The van der Waals surface area contributed by atoms with Crippen molar-refractivity contribution >= 4 is 24.4 Å². The van der Waals surface area contributed by atoms with E-state index in [-0.39, 0.29) is 11.2 Å². The van der Waals surface area contributed by atoms with Crippen LogP contribution in [-0.4, -0.2) is 16.3 Å². The molecule has 0 saturated heterocycles. The van der Waals surface area contributed by atoms with Gasteiger partial charge in [-0.2, -0.15) is 12.6 Å². The van der Waals surface area contributed by atoms with Gasteiger partial charge in [-0.05, 0) is 6.92 Å². The van der Waals surface area contributed by atoms with Crippen LogP contribution in [-0.2, 0) is 4.79 Å². The molecule has 0 aromatic carbocycles. The predicted octanol–water partition coefficient (Wildman–Crippen LogP) is 0.931. The highest BCUT2D eigenvalue weighted by molar-refractivity contribution is 7.81. The van der Waals surface area contributed by atoms with Crippen LogP contribution in [0.15, 0.2) is 16.9 Å². The Bertz CT molecular complexity index is 233. The Morgan fingerprint density at radius 3 is 3.09 bits per heavy atom. The maximum absolute atomic E-state index is 10.9. The average Bonchev–Trinajstić information content (AvgIpc) is 2.39. The van der Waals surface area contributed by atoms with Gasteiger partial charge in [0.2, 0.25) is 5.91 Å². The maximum Gasteiger partial charge on any atom is 0.238 e. The lowest BCUT2D eigenvalue weighted by Crippen LogP contribution is -2.20. The zero-order valence-corrected chi connectivity index (χ0v) is 6.84. The van der Waals surface area contributed by atoms with Crippen LogP contribution in [0.3, 0.4) is 0 Å². The zero-order chi connectivity index (χ0) is 8.27. The van der Waals surface area contributed by atoms with Crippen molar-refractivity contribution in [2.45, 2.75) is 12.2 Å². The number of rotatable bonds is 2. The van der Waals surface area contributed by atoms with Crippen molar-refractivity contribution in [3.63, 3.8) is 0 Å². The lowest BCUT2D eigenvalue weighted by molar-refractivity contribution is -0.115. The van der Waals surface area contributed by atoms with E-state index >= 15 is 0 Å². The van der Waals surface area contributed by atoms with Gasteiger partial charge in [0.15, 0.2) is 5.82 Å². The van der Waals surface area contributed by atoms with Crippen LogP contribution < -0.4 is 5.32 Å². The lowest BCUT2D eigenvalue weighted by Gasteiger charge is -2.01. The smallest absolute Gasteiger partial charge is 0.238 e. The molecule has 1 amide bonds. The monoisotopic (exact) mass is 172 g/mol. The molecule has 1 rings (SSSR count). The Kier molecular flexibility index (Phi) is 2.53. The molecular weight excluding hydrogens is 164 g/mol. The largest absolute Gasteiger partial charge is 0.363 e. The molecule has 0 aliphatic heterocycles. The van der Waals surface area contributed by atoms with E-state index in [1.54, 1.807) is 13.0 Å². The third-order valence-electron chi connectivity index (χ3n) is 1.07. The number of aromatic nitrogens is 1. The van der Waals surface area contributed by atoms with Gasteiger partial charge in [-0.15, -0.1) is 0 Å². The highest BCUT2D eigenvalue weighted by Crippen LogP contribution is 2.03. The number of carbonyl (C=O) groups is 1. The van der Waals surface area contributed by atoms with Crippen molar-refractivity contribution in [2.24, 2.45) is 0 Å². The number of nitrogens with one attached hydrogen (secondary N) is 1. The quantitative estimate of drug-likeness (QED) is 0.652. The number of hydrogen-bond acceptors (Lipinski definition) is 4. The number of hydrogen-bond donors (Lipinski definition) is 2. The highest BCUT2D eigenvalue weighted by Gasteiger charge is 2.08. The molecule has 0 radical (unpaired) electrons. The molecule has 1 aromatic heterocycles. The van der Waals surface area contributed by atoms with Crippen molar-refractivity contribution in [1.82, 2.24) is 5.16 Å². The van der Waals surface area contributed by atoms with Crippen molar-refractivity contribution in [3.05, 3.63) is 12.3 Å². The second-order valence-electron chi connectivity index (χ2n) is 2.05. The fourth-order valence-electron chi connectivity index (χ4n) is 0.508. The maximum atomic E-state index is 10.9. The molecule has 5 heteroatoms. The zero-order valence-electron chi connectivity index (χ0n) is 5.94. The summed E-state index contributed by atoms with van der Waals surface area (Å²) in [5.41, 5.74) is 0. The minimum absolute atomic E-state index is 0.192. The lowest BCUT2D eigenvalue weighted by atomic mass is 10.4. The minimum Gasteiger partial charge on any atom is -0.363 e. The molecule has 0 fully saturated rings. The van der Waals surface area contributed by atoms with Crippen LogP contribution in [0.4, 0.5) is 5.82 Å². The van der Waals surface area contributed by atoms with Crippen LogP contribution in [0.25, 0.3) is 0 Å². The van der Waals surface area contributed by atoms with Gasteiger partial charge in [-0.25, -0.2) is 0 Å². The molecule has 1 heterocycles. The normalized spacial score (nSPS) is 12.5. The summed E-state index contributed by atoms with van der Waals surface area (Å²) in [5, 5.41) is 5.66. The van der Waals surface area contributed by atoms with E-state index in [9.17, 15) is 4.79 Å². The standard InChI is InChI=1S/C6H8N2O2S/c1-4(11)6(9)7-5-2-3-10-8-5/h2-4,11H,1H3,(H,7,8,9). The number of nitrogens with zero attached hydrogens (tertiary/aromatic N) is 1. The van der Waals surface area contributed by atoms with Gasteiger partial charge in [-0.3, -0.25) is 4.79 Å². The van der Waals surface area contributed by atoms with Gasteiger partial charge in [0, 0.05) is 6.07 Å². The molecule has 1 N–H and O–H groups in total. The number of thiol groups is 1. The van der Waals surface area contributed by atoms with E-state index in [0.29, 0.717) is 5.82 Å². The van der Waals surface area contributed by atoms with Gasteiger partial charge >= 0.3 is 0 Å². The van der Waals surface area contributed by atoms with Gasteiger partial charge in [-0.1, -0.05) is 5.16 Å². The van der Waals surface area contributed by atoms with Crippen molar-refractivity contribution < 1.29 is 9.32 Å². The number of amides is 1. The molecule has 4 nitrogen and oxygen atoms in total. The summed E-state index contributed by atoms with van der Waals surface area (Å²) in [6.07, 6.45) is 1.39. The molecule has 0 spiro atoms. The minimum atomic E-state index is -0.341. The Hall–Kier alpha value is -0.970. The molecule has 1 atom stereocenters. The Balaban J connectivity index is 2.50. The summed E-state index contributed by atoms with van der Waals surface area (Å²) in [4.78, 5) is 10.9. The van der Waals surface area contributed by atoms with Gasteiger partial charge in [0.25, 0.3) is 0 Å². The molecule has 60 valence electrons. The van der Waals surface area contributed by atoms with Crippen LogP contribution in [0.5, 0.6) is 0 Å². The molecule has 1 unspecified atom stereocenters. The van der Waals surface area contributed by atoms with E-state index in [1.165, 1.54) is 6.26 Å². The van der Waals surface area contributed by atoms with Crippen LogP contribution in [0, 0.1) is 0 Å². The SMILES string of the molecule is CC(S)C(=O)Nc1ccon1. The Labute approximate surface area is 69.4 Å². The number of carbonyl (C=O) groups excluding carboxylic acids is 1. The number of anilines is 1. The first-order valence-electron chi connectivity index (χ1n) is 3.09.